The van der Waals surface area contributed by atoms with Gasteiger partial charge in [-0.2, -0.15) is 0 Å². The van der Waals surface area contributed by atoms with Crippen LogP contribution in [-0.2, 0) is 63.6 Å². The average Bonchev–Trinajstić information content (AvgIpc) is 3.97. The highest BCUT2D eigenvalue weighted by atomic mass is 16.7. The molecule has 0 radical (unpaired) electrons. The second kappa shape index (κ2) is 22.1. The number of hydrogen-bond donors (Lipinski definition) is 3. The average molecular weight is 926 g/mol. The van der Waals surface area contributed by atoms with Gasteiger partial charge in [0.2, 0.25) is 5.91 Å². The summed E-state index contributed by atoms with van der Waals surface area (Å²) in [4.78, 5) is 78.9. The number of aryl methyl sites for hydroxylation is 3. The van der Waals surface area contributed by atoms with Gasteiger partial charge in [-0.15, -0.1) is 0 Å². The van der Waals surface area contributed by atoms with Crippen LogP contribution in [0.15, 0.2) is 24.8 Å². The zero-order chi connectivity index (χ0) is 48.7. The fraction of sp³-hybridized carbons (Fsp3) is 0.500. The van der Waals surface area contributed by atoms with Crippen molar-refractivity contribution in [2.75, 3.05) is 33.0 Å². The van der Waals surface area contributed by atoms with E-state index in [1.54, 1.807) is 0 Å². The number of amides is 1. The van der Waals surface area contributed by atoms with E-state index in [1.807, 2.05) is 6.08 Å². The molecular weight excluding hydrogens is 863 g/mol. The van der Waals surface area contributed by atoms with Gasteiger partial charge in [-0.05, 0) is 92.6 Å². The van der Waals surface area contributed by atoms with Gasteiger partial charge in [0.05, 0.1) is 31.2 Å². The summed E-state index contributed by atoms with van der Waals surface area (Å²) in [5.41, 5.74) is 14.1. The molecule has 17 heteroatoms. The maximum Gasteiger partial charge on any atom is 0.303 e. The van der Waals surface area contributed by atoms with Crippen LogP contribution < -0.4 is 5.32 Å². The first-order valence-corrected chi connectivity index (χ1v) is 22.7. The molecule has 6 heterocycles. The van der Waals surface area contributed by atoms with Gasteiger partial charge < -0.3 is 48.4 Å². The number of nitrogens with zero attached hydrogens (tertiary/aromatic N) is 2. The highest BCUT2D eigenvalue weighted by molar-refractivity contribution is 5.86. The van der Waals surface area contributed by atoms with E-state index < -0.39 is 54.6 Å². The number of carbonyl (C=O) groups is 5. The third kappa shape index (κ3) is 11.9. The van der Waals surface area contributed by atoms with Crippen molar-refractivity contribution in [2.24, 2.45) is 0 Å². The lowest BCUT2D eigenvalue weighted by molar-refractivity contribution is -0.309. The van der Waals surface area contributed by atoms with E-state index >= 15 is 0 Å². The van der Waals surface area contributed by atoms with E-state index in [4.69, 9.17) is 43.1 Å². The van der Waals surface area contributed by atoms with Crippen LogP contribution in [0.25, 0.3) is 39.8 Å². The van der Waals surface area contributed by atoms with Crippen LogP contribution in [0, 0.1) is 20.8 Å². The summed E-state index contributed by atoms with van der Waals surface area (Å²) in [5, 5.41) is 2.95. The summed E-state index contributed by atoms with van der Waals surface area (Å²) in [7, 11) is 0. The highest BCUT2D eigenvalue weighted by Crippen LogP contribution is 2.42. The quantitative estimate of drug-likeness (QED) is 0.0712. The van der Waals surface area contributed by atoms with Crippen LogP contribution >= 0.6 is 0 Å². The standard InChI is InChI=1S/C50H63N5O12/c1-12-34-27(5)40-23-43-35(13-2)26(4)39(53-43)22-41-28(6)36(46(55-41)29(7)38-20-25(3)37(52-38)21-42(34)54-40)14-15-45(60)51-16-17-61-18-19-62-50-49(66-33(11)59)48(65-32(10)58)47(64-31(9)57)44(67-50)24-63-30(8)56/h13,20-23,28,36,44,47-50,53-54H,2,12,14-19,24H2,1,3-11H3,(H,51,60)/t28-,36-,44+,47+,48-,49+,50+/m0/s1. The number of carbonyl (C=O) groups excluding carboxylic acids is 5. The first-order valence-electron chi connectivity index (χ1n) is 22.7. The van der Waals surface area contributed by atoms with Crippen molar-refractivity contribution in [1.82, 2.24) is 25.3 Å². The topological polar surface area (TPSA) is 219 Å². The molecule has 0 saturated carbocycles. The molecule has 3 N–H and O–H groups in total. The van der Waals surface area contributed by atoms with Crippen LogP contribution in [-0.4, -0.2) is 113 Å². The lowest BCUT2D eigenvalue weighted by Crippen LogP contribution is -2.63. The molecule has 3 aromatic rings. The molecular formula is C50H63N5O12. The second-order valence-electron chi connectivity index (χ2n) is 17.1. The minimum atomic E-state index is -1.35. The predicted molar refractivity (Wildman–Crippen MR) is 250 cm³/mol. The Morgan fingerprint density at radius 3 is 2.13 bits per heavy atom. The smallest absolute Gasteiger partial charge is 0.303 e. The Kier molecular flexibility index (Phi) is 16.6. The molecule has 3 aliphatic heterocycles. The summed E-state index contributed by atoms with van der Waals surface area (Å²) in [5.74, 6) is -3.04. The fourth-order valence-electron chi connectivity index (χ4n) is 8.97. The Bertz CT molecular complexity index is 2590. The summed E-state index contributed by atoms with van der Waals surface area (Å²) in [6.07, 6.45) is -0.783. The first kappa shape index (κ1) is 50.2. The maximum absolute atomic E-state index is 13.3. The highest BCUT2D eigenvalue weighted by Gasteiger charge is 2.52. The molecule has 3 aliphatic rings. The SMILES string of the molecule is C=Cc1c(C)c2cc3nc(c(C)c4nc(cc5[nH]c(cc1[nH]2)c(C)c5CC)C(C)=C4)[C@@H](CCC(=O)NCCOCCO[C@@H]1O[C@H](COC(C)=O)[C@@H](OC(C)=O)[C@H](OC(C)=O)[C@H]1OC(C)=O)[C@@H]3C. The Morgan fingerprint density at radius 1 is 0.791 bits per heavy atom. The fourth-order valence-corrected chi connectivity index (χ4v) is 8.97. The molecule has 1 saturated heterocycles. The summed E-state index contributed by atoms with van der Waals surface area (Å²) in [6.45, 7) is 21.4. The number of allylic oxidation sites excluding steroid dienone is 1. The third-order valence-electron chi connectivity index (χ3n) is 12.4. The number of aromatic amines is 2. The minimum Gasteiger partial charge on any atom is -0.463 e. The lowest BCUT2D eigenvalue weighted by atomic mass is 9.85. The number of aromatic nitrogens is 4. The van der Waals surface area contributed by atoms with Crippen LogP contribution in [0.2, 0.25) is 0 Å². The van der Waals surface area contributed by atoms with Gasteiger partial charge in [0.1, 0.15) is 12.7 Å². The number of ether oxygens (including phenoxy) is 7. The van der Waals surface area contributed by atoms with Gasteiger partial charge in [-0.3, -0.25) is 29.0 Å². The van der Waals surface area contributed by atoms with Crippen molar-refractivity contribution in [3.63, 3.8) is 0 Å². The van der Waals surface area contributed by atoms with Crippen LogP contribution in [0.4, 0.5) is 0 Å². The van der Waals surface area contributed by atoms with Crippen molar-refractivity contribution in [1.29, 1.82) is 0 Å². The Balaban J connectivity index is 1.12. The zero-order valence-electron chi connectivity index (χ0n) is 40.1. The van der Waals surface area contributed by atoms with Gasteiger partial charge in [0.15, 0.2) is 24.6 Å². The monoisotopic (exact) mass is 925 g/mol. The van der Waals surface area contributed by atoms with Gasteiger partial charge >= 0.3 is 23.9 Å². The largest absolute Gasteiger partial charge is 0.463 e. The maximum atomic E-state index is 13.3. The number of fused-ring (bicyclic) bond motifs is 8. The van der Waals surface area contributed by atoms with E-state index in [2.05, 4.69) is 87.7 Å². The molecule has 0 unspecified atom stereocenters. The number of esters is 4. The molecule has 1 fully saturated rings. The van der Waals surface area contributed by atoms with Crippen molar-refractivity contribution in [3.8, 4) is 0 Å². The molecule has 0 spiro atoms. The Morgan fingerprint density at radius 2 is 1.46 bits per heavy atom. The zero-order valence-corrected chi connectivity index (χ0v) is 40.1. The van der Waals surface area contributed by atoms with Crippen molar-refractivity contribution >= 4 is 69.6 Å². The normalized spacial score (nSPS) is 21.2. The second-order valence-corrected chi connectivity index (χ2v) is 17.1. The molecule has 1 amide bonds. The van der Waals surface area contributed by atoms with E-state index in [0.717, 1.165) is 94.3 Å². The molecule has 0 aromatic carbocycles. The molecule has 0 aliphatic carbocycles. The van der Waals surface area contributed by atoms with Gasteiger partial charge in [-0.1, -0.05) is 26.5 Å². The Labute approximate surface area is 390 Å². The van der Waals surface area contributed by atoms with E-state index in [0.29, 0.717) is 6.42 Å². The molecule has 7 atom stereocenters. The first-order chi connectivity index (χ1) is 31.9. The predicted octanol–water partition coefficient (Wildman–Crippen LogP) is 6.91. The minimum absolute atomic E-state index is 0.00319. The number of hydrogen-bond acceptors (Lipinski definition) is 14. The number of rotatable bonds is 17. The van der Waals surface area contributed by atoms with Crippen molar-refractivity contribution in [2.45, 2.75) is 131 Å². The van der Waals surface area contributed by atoms with E-state index in [1.165, 1.54) is 18.1 Å². The molecule has 17 nitrogen and oxygen atoms in total. The lowest BCUT2D eigenvalue weighted by Gasteiger charge is -2.44. The van der Waals surface area contributed by atoms with Crippen LogP contribution in [0.1, 0.15) is 124 Å². The summed E-state index contributed by atoms with van der Waals surface area (Å²) >= 11 is 0. The molecule has 8 bridgehead atoms. The summed E-state index contributed by atoms with van der Waals surface area (Å²) < 4.78 is 39.0. The van der Waals surface area contributed by atoms with Crippen molar-refractivity contribution < 1.29 is 57.1 Å². The van der Waals surface area contributed by atoms with E-state index in [9.17, 15) is 24.0 Å². The summed E-state index contributed by atoms with van der Waals surface area (Å²) in [6, 6.07) is 6.40. The molecule has 6 rings (SSSR count). The van der Waals surface area contributed by atoms with Crippen LogP contribution in [0.5, 0.6) is 0 Å². The van der Waals surface area contributed by atoms with Crippen molar-refractivity contribution in [3.05, 3.63) is 75.4 Å². The Hall–Kier alpha value is -6.17. The van der Waals surface area contributed by atoms with Crippen LogP contribution in [0.3, 0.4) is 0 Å². The van der Waals surface area contributed by atoms with Gasteiger partial charge in [0, 0.05) is 91.5 Å². The molecule has 67 heavy (non-hydrogen) atoms. The molecule has 3 aromatic heterocycles. The molecule has 360 valence electrons. The van der Waals surface area contributed by atoms with E-state index in [-0.39, 0.29) is 57.1 Å². The van der Waals surface area contributed by atoms with Gasteiger partial charge in [-0.25, -0.2) is 4.98 Å². The number of H-pyrrole nitrogens is 2. The third-order valence-corrected chi connectivity index (χ3v) is 12.4. The van der Waals surface area contributed by atoms with Gasteiger partial charge in [0.25, 0.3) is 0 Å². The number of nitrogens with one attached hydrogen (secondary N) is 3.